The summed E-state index contributed by atoms with van der Waals surface area (Å²) in [7, 11) is 3.11. The second-order valence-corrected chi connectivity index (χ2v) is 5.18. The molecule has 0 bridgehead atoms. The van der Waals surface area contributed by atoms with Crippen molar-refractivity contribution in [2.24, 2.45) is 0 Å². The Morgan fingerprint density at radius 2 is 1.88 bits per heavy atom. The van der Waals surface area contributed by atoms with Gasteiger partial charge in [0.25, 0.3) is 0 Å². The second kappa shape index (κ2) is 6.96. The number of ketones is 1. The van der Waals surface area contributed by atoms with Crippen molar-refractivity contribution in [2.45, 2.75) is 0 Å². The first kappa shape index (κ1) is 15.7. The molecule has 0 N–H and O–H groups in total. The molecule has 4 heteroatoms. The number of carbonyl (C=O) groups is 1. The van der Waals surface area contributed by atoms with Crippen molar-refractivity contribution >= 4 is 22.8 Å². The highest BCUT2D eigenvalue weighted by molar-refractivity contribution is 6.09. The number of hydrogen-bond donors (Lipinski definition) is 0. The van der Waals surface area contributed by atoms with Gasteiger partial charge >= 0.3 is 0 Å². The number of ether oxygens (including phenoxy) is 2. The minimum Gasteiger partial charge on any atom is -0.497 e. The molecule has 0 atom stereocenters. The second-order valence-electron chi connectivity index (χ2n) is 5.18. The zero-order valence-electron chi connectivity index (χ0n) is 13.5. The van der Waals surface area contributed by atoms with Crippen LogP contribution >= 0.6 is 0 Å². The van der Waals surface area contributed by atoms with E-state index in [0.717, 1.165) is 16.5 Å². The highest BCUT2D eigenvalue weighted by Crippen LogP contribution is 2.25. The van der Waals surface area contributed by atoms with Crippen LogP contribution < -0.4 is 9.47 Å². The lowest BCUT2D eigenvalue weighted by Crippen LogP contribution is -1.99. The van der Waals surface area contributed by atoms with E-state index in [9.17, 15) is 4.79 Å². The molecule has 2 aromatic carbocycles. The molecule has 0 saturated carbocycles. The van der Waals surface area contributed by atoms with Gasteiger partial charge in [0.05, 0.1) is 25.3 Å². The molecule has 0 radical (unpaired) electrons. The summed E-state index contributed by atoms with van der Waals surface area (Å²) in [6, 6.07) is 14.9. The van der Waals surface area contributed by atoms with Gasteiger partial charge in [-0.1, -0.05) is 24.3 Å². The first-order valence-corrected chi connectivity index (χ1v) is 7.51. The number of rotatable bonds is 5. The fraction of sp³-hybridized carbons (Fsp3) is 0.100. The van der Waals surface area contributed by atoms with Crippen LogP contribution in [-0.2, 0) is 0 Å². The summed E-state index contributed by atoms with van der Waals surface area (Å²) in [5.41, 5.74) is 2.34. The van der Waals surface area contributed by atoms with Crippen molar-refractivity contribution in [2.75, 3.05) is 14.2 Å². The summed E-state index contributed by atoms with van der Waals surface area (Å²) in [4.78, 5) is 16.8. The first-order valence-electron chi connectivity index (χ1n) is 7.51. The Morgan fingerprint density at radius 1 is 1.04 bits per heavy atom. The lowest BCUT2D eigenvalue weighted by atomic mass is 10.1. The Balaban J connectivity index is 1.93. The Hall–Kier alpha value is -3.14. The number of carbonyl (C=O) groups excluding carboxylic acids is 1. The Kier molecular flexibility index (Phi) is 4.57. The fourth-order valence-corrected chi connectivity index (χ4v) is 2.52. The Labute approximate surface area is 140 Å². The number of allylic oxidation sites excluding steroid dienone is 1. The molecule has 120 valence electrons. The molecular formula is C20H17NO3. The van der Waals surface area contributed by atoms with E-state index in [2.05, 4.69) is 4.98 Å². The summed E-state index contributed by atoms with van der Waals surface area (Å²) < 4.78 is 10.4. The van der Waals surface area contributed by atoms with Crippen LogP contribution in [0.15, 0.2) is 60.8 Å². The van der Waals surface area contributed by atoms with Gasteiger partial charge in [0.2, 0.25) is 0 Å². The van der Waals surface area contributed by atoms with Gasteiger partial charge < -0.3 is 9.47 Å². The van der Waals surface area contributed by atoms with Crippen molar-refractivity contribution in [1.29, 1.82) is 0 Å². The van der Waals surface area contributed by atoms with Crippen LogP contribution in [0.1, 0.15) is 15.9 Å². The topological polar surface area (TPSA) is 48.4 Å². The molecule has 3 rings (SSSR count). The van der Waals surface area contributed by atoms with Gasteiger partial charge in [-0.2, -0.15) is 0 Å². The standard InChI is InChI=1S/C20H17NO3/c1-23-15-8-9-17(20(13-15)24-2)19(22)10-7-14-11-12-21-18-6-4-3-5-16(14)18/h3-13H,1-2H3/b10-7+. The number of benzene rings is 2. The molecule has 3 aromatic rings. The maximum atomic E-state index is 12.5. The quantitative estimate of drug-likeness (QED) is 0.523. The summed E-state index contributed by atoms with van der Waals surface area (Å²) in [5.74, 6) is 1.01. The molecule has 0 unspecified atom stereocenters. The first-order chi connectivity index (χ1) is 11.7. The summed E-state index contributed by atoms with van der Waals surface area (Å²) in [6.07, 6.45) is 5.09. The van der Waals surface area contributed by atoms with Crippen LogP contribution in [0.3, 0.4) is 0 Å². The van der Waals surface area contributed by atoms with Crippen LogP contribution in [0.25, 0.3) is 17.0 Å². The number of nitrogens with zero attached hydrogens (tertiary/aromatic N) is 1. The minimum atomic E-state index is -0.129. The van der Waals surface area contributed by atoms with E-state index in [1.165, 1.54) is 7.11 Å². The van der Waals surface area contributed by atoms with Crippen molar-refractivity contribution in [3.8, 4) is 11.5 Å². The number of para-hydroxylation sites is 1. The summed E-state index contributed by atoms with van der Waals surface area (Å²) in [6.45, 7) is 0. The highest BCUT2D eigenvalue weighted by Gasteiger charge is 2.11. The van der Waals surface area contributed by atoms with Crippen molar-refractivity contribution in [3.05, 3.63) is 71.9 Å². The maximum Gasteiger partial charge on any atom is 0.189 e. The number of fused-ring (bicyclic) bond motifs is 1. The molecular weight excluding hydrogens is 302 g/mol. The van der Waals surface area contributed by atoms with E-state index in [1.54, 1.807) is 43.7 Å². The van der Waals surface area contributed by atoms with Crippen molar-refractivity contribution in [3.63, 3.8) is 0 Å². The molecule has 0 aliphatic rings. The van der Waals surface area contributed by atoms with Gasteiger partial charge in [-0.15, -0.1) is 0 Å². The smallest absolute Gasteiger partial charge is 0.189 e. The van der Waals surface area contributed by atoms with Crippen LogP contribution in [0, 0.1) is 0 Å². The zero-order chi connectivity index (χ0) is 16.9. The molecule has 0 saturated heterocycles. The fourth-order valence-electron chi connectivity index (χ4n) is 2.52. The number of methoxy groups -OCH3 is 2. The molecule has 0 aliphatic heterocycles. The Bertz CT molecular complexity index is 910. The number of pyridine rings is 1. The summed E-state index contributed by atoms with van der Waals surface area (Å²) >= 11 is 0. The molecule has 0 spiro atoms. The van der Waals surface area contributed by atoms with Gasteiger partial charge in [-0.3, -0.25) is 9.78 Å². The monoisotopic (exact) mass is 319 g/mol. The molecule has 1 aromatic heterocycles. The normalized spacial score (nSPS) is 10.9. The number of hydrogen-bond acceptors (Lipinski definition) is 4. The van der Waals surface area contributed by atoms with E-state index in [1.807, 2.05) is 30.3 Å². The molecule has 0 aliphatic carbocycles. The molecule has 0 amide bonds. The van der Waals surface area contributed by atoms with E-state index in [4.69, 9.17) is 9.47 Å². The lowest BCUT2D eigenvalue weighted by molar-refractivity contribution is 0.104. The Morgan fingerprint density at radius 3 is 2.67 bits per heavy atom. The van der Waals surface area contributed by atoms with Gasteiger partial charge in [-0.25, -0.2) is 0 Å². The van der Waals surface area contributed by atoms with Crippen LogP contribution in [-0.4, -0.2) is 25.0 Å². The zero-order valence-corrected chi connectivity index (χ0v) is 13.5. The largest absolute Gasteiger partial charge is 0.497 e. The third-order valence-corrected chi connectivity index (χ3v) is 3.77. The third-order valence-electron chi connectivity index (χ3n) is 3.77. The number of aromatic nitrogens is 1. The van der Waals surface area contributed by atoms with Crippen LogP contribution in [0.4, 0.5) is 0 Å². The lowest BCUT2D eigenvalue weighted by Gasteiger charge is -2.08. The summed E-state index contributed by atoms with van der Waals surface area (Å²) in [5, 5.41) is 1.01. The third kappa shape index (κ3) is 3.13. The van der Waals surface area contributed by atoms with E-state index < -0.39 is 0 Å². The SMILES string of the molecule is COc1ccc(C(=O)/C=C/c2ccnc3ccccc23)c(OC)c1. The predicted octanol–water partition coefficient (Wildman–Crippen LogP) is 4.15. The van der Waals surface area contributed by atoms with Gasteiger partial charge in [0, 0.05) is 17.6 Å². The van der Waals surface area contributed by atoms with Gasteiger partial charge in [0.15, 0.2) is 5.78 Å². The average Bonchev–Trinajstić information content (AvgIpc) is 2.65. The van der Waals surface area contributed by atoms with E-state index >= 15 is 0 Å². The minimum absolute atomic E-state index is 0.129. The van der Waals surface area contributed by atoms with E-state index in [0.29, 0.717) is 17.1 Å². The van der Waals surface area contributed by atoms with Crippen molar-refractivity contribution in [1.82, 2.24) is 4.98 Å². The average molecular weight is 319 g/mol. The van der Waals surface area contributed by atoms with Gasteiger partial charge in [-0.05, 0) is 35.9 Å². The molecule has 1 heterocycles. The maximum absolute atomic E-state index is 12.5. The molecule has 24 heavy (non-hydrogen) atoms. The van der Waals surface area contributed by atoms with Gasteiger partial charge in [0.1, 0.15) is 11.5 Å². The molecule has 0 fully saturated rings. The van der Waals surface area contributed by atoms with Crippen molar-refractivity contribution < 1.29 is 14.3 Å². The molecule has 4 nitrogen and oxygen atoms in total. The van der Waals surface area contributed by atoms with Crippen LogP contribution in [0.5, 0.6) is 11.5 Å². The van der Waals surface area contributed by atoms with E-state index in [-0.39, 0.29) is 5.78 Å². The highest BCUT2D eigenvalue weighted by atomic mass is 16.5. The van der Waals surface area contributed by atoms with Crippen LogP contribution in [0.2, 0.25) is 0 Å². The predicted molar refractivity (Wildman–Crippen MR) is 94.7 cm³/mol.